The Balaban J connectivity index is 1.78. The van der Waals surface area contributed by atoms with Gasteiger partial charge in [0.15, 0.2) is 0 Å². The summed E-state index contributed by atoms with van der Waals surface area (Å²) in [4.78, 5) is 49.6. The number of hydrogen-bond donors (Lipinski definition) is 2. The number of halogens is 3. The highest BCUT2D eigenvalue weighted by Crippen LogP contribution is 2.41. The third-order valence-corrected chi connectivity index (χ3v) is 6.73. The van der Waals surface area contributed by atoms with Crippen molar-refractivity contribution in [2.45, 2.75) is 69.8 Å². The second kappa shape index (κ2) is 8.77. The van der Waals surface area contributed by atoms with Crippen LogP contribution in [0.2, 0.25) is 0 Å². The number of amides is 1. The first-order valence-corrected chi connectivity index (χ1v) is 11.1. The molecule has 8 nitrogen and oxygen atoms in total. The number of carbonyl (C=O) groups excluding carboxylic acids is 1. The lowest BCUT2D eigenvalue weighted by Gasteiger charge is -2.31. The molecule has 0 unspecified atom stereocenters. The van der Waals surface area contributed by atoms with Gasteiger partial charge in [0.2, 0.25) is 5.91 Å². The Morgan fingerprint density at radius 2 is 1.76 bits per heavy atom. The predicted octanol–water partition coefficient (Wildman–Crippen LogP) is 2.88. The van der Waals surface area contributed by atoms with Gasteiger partial charge in [0, 0.05) is 25.2 Å². The summed E-state index contributed by atoms with van der Waals surface area (Å²) in [5.74, 6) is -1.68. The van der Waals surface area contributed by atoms with Gasteiger partial charge in [0.1, 0.15) is 5.56 Å². The molecular formula is C23H24F3N3O5. The largest absolute Gasteiger partial charge is 0.477 e. The Morgan fingerprint density at radius 3 is 2.35 bits per heavy atom. The van der Waals surface area contributed by atoms with Crippen molar-refractivity contribution in [2.75, 3.05) is 0 Å². The van der Waals surface area contributed by atoms with Crippen molar-refractivity contribution in [3.05, 3.63) is 67.5 Å². The highest BCUT2D eigenvalue weighted by atomic mass is 19.4. The van der Waals surface area contributed by atoms with E-state index in [9.17, 15) is 37.5 Å². The van der Waals surface area contributed by atoms with Crippen molar-refractivity contribution in [3.8, 4) is 0 Å². The molecule has 1 fully saturated rings. The van der Waals surface area contributed by atoms with Crippen LogP contribution in [-0.2, 0) is 17.4 Å². The molecule has 1 atom stereocenters. The van der Waals surface area contributed by atoms with Gasteiger partial charge in [0.05, 0.1) is 11.6 Å². The number of benzene rings is 1. The van der Waals surface area contributed by atoms with Crippen LogP contribution in [0.25, 0.3) is 0 Å². The SMILES string of the molecule is CC(=O)N[C@H]1CC[C@H](n2cc(C(=O)O)c(=O)n([C@@H]3CCc4c3cccc4C(F)(F)F)c2=O)CC1. The molecule has 34 heavy (non-hydrogen) atoms. The first kappa shape index (κ1) is 23.8. The van der Waals surface area contributed by atoms with E-state index in [0.29, 0.717) is 25.7 Å². The topological polar surface area (TPSA) is 110 Å². The number of carbonyl (C=O) groups is 2. The van der Waals surface area contributed by atoms with Gasteiger partial charge in [-0.25, -0.2) is 9.59 Å². The molecule has 1 amide bonds. The van der Waals surface area contributed by atoms with Gasteiger partial charge >= 0.3 is 17.8 Å². The molecule has 1 saturated carbocycles. The fourth-order valence-corrected chi connectivity index (χ4v) is 5.23. The average molecular weight is 479 g/mol. The summed E-state index contributed by atoms with van der Waals surface area (Å²) in [7, 11) is 0. The molecule has 11 heteroatoms. The molecule has 0 radical (unpaired) electrons. The second-order valence-corrected chi connectivity index (χ2v) is 8.84. The predicted molar refractivity (Wildman–Crippen MR) is 115 cm³/mol. The van der Waals surface area contributed by atoms with Crippen LogP contribution in [0.1, 0.15) is 78.2 Å². The number of aromatic carboxylic acids is 1. The van der Waals surface area contributed by atoms with Gasteiger partial charge in [-0.3, -0.25) is 18.7 Å². The van der Waals surface area contributed by atoms with Crippen molar-refractivity contribution >= 4 is 11.9 Å². The van der Waals surface area contributed by atoms with E-state index in [1.807, 2.05) is 0 Å². The smallest absolute Gasteiger partial charge is 0.416 e. The Bertz CT molecular complexity index is 1260. The van der Waals surface area contributed by atoms with Crippen molar-refractivity contribution in [3.63, 3.8) is 0 Å². The van der Waals surface area contributed by atoms with E-state index in [0.717, 1.165) is 16.8 Å². The summed E-state index contributed by atoms with van der Waals surface area (Å²) in [5, 5.41) is 12.4. The van der Waals surface area contributed by atoms with Crippen LogP contribution in [0.3, 0.4) is 0 Å². The summed E-state index contributed by atoms with van der Waals surface area (Å²) in [6.07, 6.45) is -1.37. The third-order valence-electron chi connectivity index (χ3n) is 6.73. The number of carboxylic acids is 1. The van der Waals surface area contributed by atoms with Crippen LogP contribution >= 0.6 is 0 Å². The lowest BCUT2D eigenvalue weighted by Crippen LogP contribution is -2.46. The fourth-order valence-electron chi connectivity index (χ4n) is 5.23. The van der Waals surface area contributed by atoms with E-state index in [2.05, 4.69) is 5.32 Å². The number of nitrogens with zero attached hydrogens (tertiary/aromatic N) is 2. The minimum atomic E-state index is -4.58. The van der Waals surface area contributed by atoms with Crippen molar-refractivity contribution in [2.24, 2.45) is 0 Å². The molecular weight excluding hydrogens is 455 g/mol. The maximum Gasteiger partial charge on any atom is 0.416 e. The van der Waals surface area contributed by atoms with Gasteiger partial charge in [-0.05, 0) is 55.7 Å². The number of nitrogens with one attached hydrogen (secondary N) is 1. The first-order chi connectivity index (χ1) is 16.0. The van der Waals surface area contributed by atoms with Gasteiger partial charge < -0.3 is 10.4 Å². The van der Waals surface area contributed by atoms with Gasteiger partial charge in [-0.1, -0.05) is 12.1 Å². The van der Waals surface area contributed by atoms with Crippen LogP contribution in [0.15, 0.2) is 34.0 Å². The number of hydrogen-bond acceptors (Lipinski definition) is 4. The van der Waals surface area contributed by atoms with Crippen molar-refractivity contribution in [1.29, 1.82) is 0 Å². The Hall–Kier alpha value is -3.37. The zero-order chi connectivity index (χ0) is 24.8. The molecule has 4 rings (SSSR count). The number of carboxylic acid groups (broad SMARTS) is 1. The Labute approximate surface area is 192 Å². The van der Waals surface area contributed by atoms with Crippen LogP contribution in [-0.4, -0.2) is 32.2 Å². The van der Waals surface area contributed by atoms with Crippen molar-refractivity contribution in [1.82, 2.24) is 14.5 Å². The quantitative estimate of drug-likeness (QED) is 0.701. The van der Waals surface area contributed by atoms with Crippen LogP contribution in [0, 0.1) is 0 Å². The zero-order valence-corrected chi connectivity index (χ0v) is 18.4. The van der Waals surface area contributed by atoms with E-state index in [1.54, 1.807) is 0 Å². The van der Waals surface area contributed by atoms with E-state index >= 15 is 0 Å². The first-order valence-electron chi connectivity index (χ1n) is 11.1. The van der Waals surface area contributed by atoms with Crippen molar-refractivity contribution < 1.29 is 27.9 Å². The van der Waals surface area contributed by atoms with Crippen LogP contribution < -0.4 is 16.6 Å². The molecule has 2 N–H and O–H groups in total. The summed E-state index contributed by atoms with van der Waals surface area (Å²) in [6, 6.07) is 2.20. The molecule has 2 aliphatic rings. The molecule has 0 aliphatic heterocycles. The monoisotopic (exact) mass is 479 g/mol. The van der Waals surface area contributed by atoms with Gasteiger partial charge in [-0.15, -0.1) is 0 Å². The highest BCUT2D eigenvalue weighted by Gasteiger charge is 2.39. The molecule has 2 aromatic rings. The minimum absolute atomic E-state index is 0.0146. The van der Waals surface area contributed by atoms with Gasteiger partial charge in [0.25, 0.3) is 5.56 Å². The summed E-state index contributed by atoms with van der Waals surface area (Å²) >= 11 is 0. The van der Waals surface area contributed by atoms with E-state index in [-0.39, 0.29) is 35.9 Å². The molecule has 1 aromatic heterocycles. The van der Waals surface area contributed by atoms with E-state index in [4.69, 9.17) is 0 Å². The maximum absolute atomic E-state index is 13.5. The number of rotatable bonds is 4. The molecule has 0 spiro atoms. The fraction of sp³-hybridized carbons (Fsp3) is 0.478. The van der Waals surface area contributed by atoms with Gasteiger partial charge in [-0.2, -0.15) is 13.2 Å². The molecule has 1 heterocycles. The van der Waals surface area contributed by atoms with Crippen LogP contribution in [0.4, 0.5) is 13.2 Å². The Morgan fingerprint density at radius 1 is 1.09 bits per heavy atom. The maximum atomic E-state index is 13.5. The van der Waals surface area contributed by atoms with E-state index < -0.39 is 46.6 Å². The molecule has 1 aromatic carbocycles. The Kier molecular flexibility index (Phi) is 6.13. The van der Waals surface area contributed by atoms with E-state index in [1.165, 1.54) is 23.6 Å². The lowest BCUT2D eigenvalue weighted by atomic mass is 9.91. The second-order valence-electron chi connectivity index (χ2n) is 8.84. The average Bonchev–Trinajstić information content (AvgIpc) is 3.17. The number of alkyl halides is 3. The number of fused-ring (bicyclic) bond motifs is 1. The molecule has 0 saturated heterocycles. The summed E-state index contributed by atoms with van der Waals surface area (Å²) in [5.41, 5.74) is -2.97. The molecule has 2 aliphatic carbocycles. The molecule has 182 valence electrons. The standard InChI is InChI=1S/C23H24F3N3O5/c1-12(30)27-13-5-7-14(8-6-13)28-11-17(21(32)33)20(31)29(22(28)34)19-10-9-15-16(19)3-2-4-18(15)23(24,25)26/h2-4,11,13-14,19H,5-10H2,1H3,(H,27,30)(H,32,33)/t13-,14-,19-/m1/s1. The zero-order valence-electron chi connectivity index (χ0n) is 18.4. The number of aromatic nitrogens is 2. The summed E-state index contributed by atoms with van der Waals surface area (Å²) in [6.45, 7) is 1.41. The molecule has 0 bridgehead atoms. The third kappa shape index (κ3) is 4.26. The highest BCUT2D eigenvalue weighted by molar-refractivity contribution is 5.86. The lowest BCUT2D eigenvalue weighted by molar-refractivity contribution is -0.138. The van der Waals surface area contributed by atoms with Crippen LogP contribution in [0.5, 0.6) is 0 Å². The summed E-state index contributed by atoms with van der Waals surface area (Å²) < 4.78 is 42.5. The minimum Gasteiger partial charge on any atom is -0.477 e. The normalized spacial score (nSPS) is 22.3.